The van der Waals surface area contributed by atoms with E-state index in [4.69, 9.17) is 10.6 Å². The highest BCUT2D eigenvalue weighted by Gasteiger charge is 2.09. The van der Waals surface area contributed by atoms with Crippen LogP contribution in [-0.4, -0.2) is 11.9 Å². The first-order valence-corrected chi connectivity index (χ1v) is 4.95. The first-order valence-electron chi connectivity index (χ1n) is 4.95. The molecule has 0 saturated carbocycles. The summed E-state index contributed by atoms with van der Waals surface area (Å²) < 4.78 is 0. The lowest BCUT2D eigenvalue weighted by Crippen LogP contribution is -2.39. The molecular weight excluding hydrogens is 192 g/mol. The normalized spacial score (nSPS) is 12.1. The molecule has 0 unspecified atom stereocenters. The van der Waals surface area contributed by atoms with Gasteiger partial charge in [0.05, 0.1) is 12.6 Å². The van der Waals surface area contributed by atoms with Crippen molar-refractivity contribution in [2.45, 2.75) is 26.0 Å². The van der Waals surface area contributed by atoms with Crippen molar-refractivity contribution in [3.8, 4) is 0 Å². The van der Waals surface area contributed by atoms with Crippen LogP contribution in [0.2, 0.25) is 0 Å². The van der Waals surface area contributed by atoms with Gasteiger partial charge in [0.25, 0.3) is 5.91 Å². The van der Waals surface area contributed by atoms with Crippen molar-refractivity contribution in [2.75, 3.05) is 0 Å². The molecule has 0 heterocycles. The highest BCUT2D eigenvalue weighted by molar-refractivity contribution is 5.80. The molecule has 3 N–H and O–H groups in total. The van der Waals surface area contributed by atoms with E-state index in [1.54, 1.807) is 0 Å². The Kier molecular flexibility index (Phi) is 4.80. The summed E-state index contributed by atoms with van der Waals surface area (Å²) in [6.07, 6.45) is 0.598. The number of hydrogen-bond acceptors (Lipinski definition) is 3. The summed E-state index contributed by atoms with van der Waals surface area (Å²) in [7, 11) is 0. The lowest BCUT2D eigenvalue weighted by molar-refractivity contribution is -0.136. The van der Waals surface area contributed by atoms with Crippen LogP contribution in [0.25, 0.3) is 0 Å². The predicted octanol–water partition coefficient (Wildman–Crippen LogP) is 0.972. The van der Waals surface area contributed by atoms with E-state index in [0.717, 1.165) is 5.56 Å². The van der Waals surface area contributed by atoms with Crippen LogP contribution in [-0.2, 0) is 16.2 Å². The molecule has 15 heavy (non-hydrogen) atoms. The number of carbonyl (C=O) groups is 1. The zero-order valence-electron chi connectivity index (χ0n) is 8.77. The molecule has 0 radical (unpaired) electrons. The van der Waals surface area contributed by atoms with Crippen LogP contribution in [0.15, 0.2) is 30.3 Å². The Bertz CT molecular complexity index is 301. The average molecular weight is 208 g/mol. The van der Waals surface area contributed by atoms with Crippen LogP contribution in [0.3, 0.4) is 0 Å². The maximum atomic E-state index is 11.2. The number of nitrogens with two attached hydrogens (primary N) is 1. The van der Waals surface area contributed by atoms with E-state index in [9.17, 15) is 4.79 Å². The van der Waals surface area contributed by atoms with Crippen molar-refractivity contribution in [1.29, 1.82) is 0 Å². The van der Waals surface area contributed by atoms with Gasteiger partial charge in [-0.15, -0.1) is 0 Å². The zero-order valence-corrected chi connectivity index (χ0v) is 8.77. The number of carbonyl (C=O) groups excluding carboxylic acids is 1. The Morgan fingerprint density at radius 3 is 2.73 bits per heavy atom. The third-order valence-electron chi connectivity index (χ3n) is 2.03. The van der Waals surface area contributed by atoms with Crippen LogP contribution < -0.4 is 11.2 Å². The Labute approximate surface area is 89.4 Å². The molecule has 0 aliphatic carbocycles. The number of amides is 1. The quantitative estimate of drug-likeness (QED) is 0.709. The van der Waals surface area contributed by atoms with Gasteiger partial charge in [-0.3, -0.25) is 9.63 Å². The van der Waals surface area contributed by atoms with E-state index < -0.39 is 6.04 Å². The topological polar surface area (TPSA) is 64.4 Å². The van der Waals surface area contributed by atoms with Gasteiger partial charge >= 0.3 is 0 Å². The van der Waals surface area contributed by atoms with Gasteiger partial charge in [0.15, 0.2) is 0 Å². The molecule has 4 heteroatoms. The zero-order chi connectivity index (χ0) is 11.1. The fourth-order valence-corrected chi connectivity index (χ4v) is 1.03. The number of hydrogen-bond donors (Lipinski definition) is 2. The standard InChI is InChI=1S/C11H16N2O2/c1-2-10(12)11(14)13-15-8-9-6-4-3-5-7-9/h3-7,10H,2,8,12H2,1H3,(H,13,14)/t10-/m1/s1. The predicted molar refractivity (Wildman–Crippen MR) is 57.6 cm³/mol. The highest BCUT2D eigenvalue weighted by Crippen LogP contribution is 1.99. The summed E-state index contributed by atoms with van der Waals surface area (Å²) in [6.45, 7) is 2.20. The molecule has 0 saturated heterocycles. The first-order chi connectivity index (χ1) is 7.24. The van der Waals surface area contributed by atoms with E-state index >= 15 is 0 Å². The molecule has 1 aromatic rings. The van der Waals surface area contributed by atoms with Crippen molar-refractivity contribution in [3.63, 3.8) is 0 Å². The fraction of sp³-hybridized carbons (Fsp3) is 0.364. The van der Waals surface area contributed by atoms with Crippen LogP contribution in [0.4, 0.5) is 0 Å². The second-order valence-electron chi connectivity index (χ2n) is 3.26. The molecule has 0 aliphatic rings. The summed E-state index contributed by atoms with van der Waals surface area (Å²) in [5, 5.41) is 0. The molecule has 4 nitrogen and oxygen atoms in total. The van der Waals surface area contributed by atoms with Crippen LogP contribution in [0.1, 0.15) is 18.9 Å². The Morgan fingerprint density at radius 2 is 2.13 bits per heavy atom. The van der Waals surface area contributed by atoms with Gasteiger partial charge in [-0.25, -0.2) is 5.48 Å². The Balaban J connectivity index is 2.25. The van der Waals surface area contributed by atoms with E-state index in [2.05, 4.69) is 5.48 Å². The highest BCUT2D eigenvalue weighted by atomic mass is 16.6. The van der Waals surface area contributed by atoms with Crippen molar-refractivity contribution in [1.82, 2.24) is 5.48 Å². The monoisotopic (exact) mass is 208 g/mol. The molecule has 1 amide bonds. The lowest BCUT2D eigenvalue weighted by Gasteiger charge is -2.09. The number of hydroxylamine groups is 1. The molecule has 1 atom stereocenters. The van der Waals surface area contributed by atoms with Gasteiger partial charge in [-0.05, 0) is 12.0 Å². The van der Waals surface area contributed by atoms with Gasteiger partial charge < -0.3 is 5.73 Å². The van der Waals surface area contributed by atoms with Crippen molar-refractivity contribution >= 4 is 5.91 Å². The minimum Gasteiger partial charge on any atom is -0.320 e. The van der Waals surface area contributed by atoms with Gasteiger partial charge in [0.1, 0.15) is 0 Å². The second-order valence-corrected chi connectivity index (χ2v) is 3.26. The summed E-state index contributed by atoms with van der Waals surface area (Å²) in [5.74, 6) is -0.284. The molecule has 1 aromatic carbocycles. The lowest BCUT2D eigenvalue weighted by atomic mass is 10.2. The number of rotatable bonds is 5. The largest absolute Gasteiger partial charge is 0.320 e. The smallest absolute Gasteiger partial charge is 0.260 e. The molecule has 0 fully saturated rings. The third-order valence-corrected chi connectivity index (χ3v) is 2.03. The summed E-state index contributed by atoms with van der Waals surface area (Å²) >= 11 is 0. The minimum absolute atomic E-state index is 0.284. The van der Waals surface area contributed by atoms with E-state index in [-0.39, 0.29) is 5.91 Å². The molecule has 82 valence electrons. The Morgan fingerprint density at radius 1 is 1.47 bits per heavy atom. The Hall–Kier alpha value is -1.39. The van der Waals surface area contributed by atoms with Gasteiger partial charge in [-0.1, -0.05) is 37.3 Å². The second kappa shape index (κ2) is 6.16. The van der Waals surface area contributed by atoms with Crippen LogP contribution in [0, 0.1) is 0 Å². The first kappa shape index (κ1) is 11.7. The van der Waals surface area contributed by atoms with Gasteiger partial charge in [0, 0.05) is 0 Å². The van der Waals surface area contributed by atoms with Gasteiger partial charge in [-0.2, -0.15) is 0 Å². The molecule has 0 aliphatic heterocycles. The summed E-state index contributed by atoms with van der Waals surface area (Å²) in [4.78, 5) is 16.2. The maximum Gasteiger partial charge on any atom is 0.260 e. The van der Waals surface area contributed by atoms with E-state index in [0.29, 0.717) is 13.0 Å². The van der Waals surface area contributed by atoms with Crippen LogP contribution >= 0.6 is 0 Å². The number of benzene rings is 1. The summed E-state index contributed by atoms with van der Waals surface area (Å²) in [5.41, 5.74) is 8.82. The third kappa shape index (κ3) is 4.10. The van der Waals surface area contributed by atoms with Crippen molar-refractivity contribution in [2.24, 2.45) is 5.73 Å². The van der Waals surface area contributed by atoms with E-state index in [1.807, 2.05) is 37.3 Å². The average Bonchev–Trinajstić information content (AvgIpc) is 2.29. The number of nitrogens with one attached hydrogen (secondary N) is 1. The molecular formula is C11H16N2O2. The minimum atomic E-state index is -0.499. The van der Waals surface area contributed by atoms with Crippen molar-refractivity contribution in [3.05, 3.63) is 35.9 Å². The van der Waals surface area contributed by atoms with Crippen LogP contribution in [0.5, 0.6) is 0 Å². The van der Waals surface area contributed by atoms with Crippen molar-refractivity contribution < 1.29 is 9.63 Å². The SMILES string of the molecule is CC[C@@H](N)C(=O)NOCc1ccccc1. The molecule has 1 rings (SSSR count). The van der Waals surface area contributed by atoms with E-state index in [1.165, 1.54) is 0 Å². The molecule has 0 bridgehead atoms. The fourth-order valence-electron chi connectivity index (χ4n) is 1.03. The molecule has 0 spiro atoms. The molecule has 0 aromatic heterocycles. The van der Waals surface area contributed by atoms with Gasteiger partial charge in [0.2, 0.25) is 0 Å². The summed E-state index contributed by atoms with van der Waals surface area (Å²) in [6, 6.07) is 9.10. The maximum absolute atomic E-state index is 11.2.